The Morgan fingerprint density at radius 2 is 2.00 bits per heavy atom. The fourth-order valence-corrected chi connectivity index (χ4v) is 0.498. The molecule has 0 bridgehead atoms. The molecule has 5 heteroatoms. The molecule has 0 aromatic heterocycles. The summed E-state index contributed by atoms with van der Waals surface area (Å²) in [6, 6.07) is 0. The number of carbonyl (C=O) groups is 1. The van der Waals surface area contributed by atoms with Gasteiger partial charge in [-0.1, -0.05) is 15.9 Å². The third kappa shape index (κ3) is 17.8. The number of aliphatic carboxylic acids is 1. The number of hydrogen-bond acceptors (Lipinski definition) is 2. The zero-order valence-electron chi connectivity index (χ0n) is 4.97. The molecule has 0 aromatic rings. The minimum absolute atomic E-state index is 0.125. The van der Waals surface area contributed by atoms with E-state index in [0.717, 1.165) is 11.8 Å². The number of alkyl halides is 1. The number of rotatable bonds is 3. The van der Waals surface area contributed by atoms with Gasteiger partial charge in [-0.2, -0.15) is 0 Å². The van der Waals surface area contributed by atoms with Gasteiger partial charge in [0.15, 0.2) is 0 Å². The molecule has 0 saturated carbocycles. The molecule has 0 aromatic carbocycles. The van der Waals surface area contributed by atoms with E-state index in [1.807, 2.05) is 0 Å². The van der Waals surface area contributed by atoms with Crippen LogP contribution in [0.3, 0.4) is 0 Å². The molecule has 0 saturated heterocycles. The van der Waals surface area contributed by atoms with Gasteiger partial charge < -0.3 is 5.11 Å². The van der Waals surface area contributed by atoms with Crippen molar-refractivity contribution in [1.29, 1.82) is 0 Å². The molecule has 0 unspecified atom stereocenters. The van der Waals surface area contributed by atoms with Crippen molar-refractivity contribution in [3.8, 4) is 0 Å². The topological polar surface area (TPSA) is 54.4 Å². The molecular weight excluding hydrogens is 241 g/mol. The van der Waals surface area contributed by atoms with Gasteiger partial charge in [-0.3, -0.25) is 4.79 Å². The van der Waals surface area contributed by atoms with Gasteiger partial charge in [-0.25, -0.2) is 0 Å². The SMILES string of the molecule is O=C(O)CCCBr.[O]=[Zn]. The van der Waals surface area contributed by atoms with Gasteiger partial charge in [0.05, 0.1) is 0 Å². The van der Waals surface area contributed by atoms with E-state index >= 15 is 0 Å². The summed E-state index contributed by atoms with van der Waals surface area (Å²) in [5, 5.41) is 8.80. The second-order valence-electron chi connectivity index (χ2n) is 1.19. The number of carboxylic acids is 1. The molecule has 0 fully saturated rings. The average Bonchev–Trinajstić information content (AvgIpc) is 1.88. The van der Waals surface area contributed by atoms with Crippen LogP contribution in [0.5, 0.6) is 0 Å². The van der Waals surface area contributed by atoms with Gasteiger partial charge in [0.2, 0.25) is 0 Å². The Balaban J connectivity index is 0. The molecule has 3 nitrogen and oxygen atoms in total. The van der Waals surface area contributed by atoms with E-state index in [9.17, 15) is 4.79 Å². The molecule has 1 N–H and O–H groups in total. The predicted molar refractivity (Wildman–Crippen MR) is 31.4 cm³/mol. The van der Waals surface area contributed by atoms with Crippen molar-refractivity contribution >= 4 is 21.9 Å². The van der Waals surface area contributed by atoms with Crippen LogP contribution in [0.4, 0.5) is 0 Å². The van der Waals surface area contributed by atoms with Crippen LogP contribution in [0.25, 0.3) is 0 Å². The van der Waals surface area contributed by atoms with Gasteiger partial charge in [0.1, 0.15) is 0 Å². The monoisotopic (exact) mass is 246 g/mol. The fraction of sp³-hybridized carbons (Fsp3) is 0.750. The third-order valence-corrected chi connectivity index (χ3v) is 1.09. The first-order chi connectivity index (χ1) is 4.27. The van der Waals surface area contributed by atoms with Crippen LogP contribution in [0.1, 0.15) is 12.8 Å². The molecule has 0 aliphatic carbocycles. The van der Waals surface area contributed by atoms with Crippen LogP contribution in [-0.2, 0) is 26.6 Å². The van der Waals surface area contributed by atoms with Gasteiger partial charge in [-0.05, 0) is 6.42 Å². The van der Waals surface area contributed by atoms with E-state index in [2.05, 4.69) is 15.9 Å². The summed E-state index contributed by atoms with van der Waals surface area (Å²) < 4.78 is 8.38. The Morgan fingerprint density at radius 3 is 2.11 bits per heavy atom. The van der Waals surface area contributed by atoms with Crippen molar-refractivity contribution in [1.82, 2.24) is 0 Å². The summed E-state index contributed by atoms with van der Waals surface area (Å²) in [5.74, 6) is -0.723. The molecule has 0 atom stereocenters. The van der Waals surface area contributed by atoms with Gasteiger partial charge >= 0.3 is 27.8 Å². The summed E-state index contributed by atoms with van der Waals surface area (Å²) in [6.07, 6.45) is 0.987. The van der Waals surface area contributed by atoms with Crippen LogP contribution in [0, 0.1) is 0 Å². The first kappa shape index (κ1) is 12.1. The van der Waals surface area contributed by atoms with Crippen molar-refractivity contribution < 1.29 is 31.7 Å². The number of halogens is 1. The standard InChI is InChI=1S/C4H7BrO2.O.Zn/c5-3-1-2-4(6)7;;/h1-3H2,(H,6,7);;. The first-order valence-electron chi connectivity index (χ1n) is 2.34. The second-order valence-corrected chi connectivity index (χ2v) is 1.98. The molecule has 50 valence electrons. The van der Waals surface area contributed by atoms with E-state index in [1.165, 1.54) is 0 Å². The molecule has 0 amide bonds. The maximum atomic E-state index is 9.74. The van der Waals surface area contributed by atoms with Crippen molar-refractivity contribution in [2.45, 2.75) is 12.8 Å². The van der Waals surface area contributed by atoms with Crippen LogP contribution >= 0.6 is 15.9 Å². The van der Waals surface area contributed by atoms with E-state index in [-0.39, 0.29) is 24.7 Å². The van der Waals surface area contributed by atoms with Crippen LogP contribution < -0.4 is 0 Å². The van der Waals surface area contributed by atoms with Crippen molar-refractivity contribution in [2.24, 2.45) is 0 Å². The summed E-state index contributed by atoms with van der Waals surface area (Å²) in [4.78, 5) is 9.74. The zero-order valence-corrected chi connectivity index (χ0v) is 9.52. The Bertz CT molecular complexity index is 78.2. The average molecular weight is 248 g/mol. The third-order valence-electron chi connectivity index (χ3n) is 0.524. The summed E-state index contributed by atoms with van der Waals surface area (Å²) in [6.45, 7) is 0. The Hall–Kier alpha value is 0.373. The maximum absolute atomic E-state index is 9.74. The van der Waals surface area contributed by atoms with Gasteiger partial charge in [0.25, 0.3) is 0 Å². The molecule has 0 aliphatic heterocycles. The zero-order chi connectivity index (χ0) is 7.70. The molecule has 9 heavy (non-hydrogen) atoms. The van der Waals surface area contributed by atoms with Gasteiger partial charge in [-0.15, -0.1) is 0 Å². The summed E-state index contributed by atoms with van der Waals surface area (Å²) in [7, 11) is 0. The molecular formula is C4H7BrO3Zn. The molecule has 0 spiro atoms. The van der Waals surface area contributed by atoms with Crippen molar-refractivity contribution in [3.05, 3.63) is 0 Å². The Morgan fingerprint density at radius 1 is 1.56 bits per heavy atom. The van der Waals surface area contributed by atoms with Gasteiger partial charge in [0, 0.05) is 11.8 Å². The molecule has 0 radical (unpaired) electrons. The van der Waals surface area contributed by atoms with E-state index < -0.39 is 5.97 Å². The van der Waals surface area contributed by atoms with E-state index in [1.54, 1.807) is 0 Å². The molecule has 0 rings (SSSR count). The fourth-order valence-electron chi connectivity index (χ4n) is 0.218. The van der Waals surface area contributed by atoms with Crippen LogP contribution in [0.2, 0.25) is 0 Å². The van der Waals surface area contributed by atoms with E-state index in [4.69, 9.17) is 8.68 Å². The number of carboxylic acid groups (broad SMARTS) is 1. The molecule has 0 aliphatic rings. The molecule has 0 heterocycles. The van der Waals surface area contributed by atoms with Crippen molar-refractivity contribution in [3.63, 3.8) is 0 Å². The quantitative estimate of drug-likeness (QED) is 0.601. The first-order valence-corrected chi connectivity index (χ1v) is 4.67. The van der Waals surface area contributed by atoms with Crippen molar-refractivity contribution in [2.75, 3.05) is 5.33 Å². The second kappa shape index (κ2) is 11.2. The predicted octanol–water partition coefficient (Wildman–Crippen LogP) is 1.12. The Labute approximate surface area is 71.9 Å². The van der Waals surface area contributed by atoms with E-state index in [0.29, 0.717) is 0 Å². The Kier molecular flexibility index (Phi) is 15.1. The van der Waals surface area contributed by atoms with Crippen LogP contribution in [-0.4, -0.2) is 16.4 Å². The number of hydrogen-bond donors (Lipinski definition) is 1. The summed E-state index contributed by atoms with van der Waals surface area (Å²) in [5.41, 5.74) is 0. The van der Waals surface area contributed by atoms with Crippen LogP contribution in [0.15, 0.2) is 0 Å². The normalized spacial score (nSPS) is 7.44. The minimum atomic E-state index is -0.723. The summed E-state index contributed by atoms with van der Waals surface area (Å²) >= 11 is 3.24.